The number of alkyl halides is 1. The zero-order valence-electron chi connectivity index (χ0n) is 10.9. The van der Waals surface area contributed by atoms with Crippen LogP contribution in [0.2, 0.25) is 0 Å². The Bertz CT molecular complexity index is 421. The third-order valence-electron chi connectivity index (χ3n) is 2.86. The molecule has 0 aromatic heterocycles. The molecule has 0 radical (unpaired) electrons. The monoisotopic (exact) mass is 315 g/mol. The highest BCUT2D eigenvalue weighted by atomic mass is 79.9. The van der Waals surface area contributed by atoms with Gasteiger partial charge in [0.2, 0.25) is 0 Å². The van der Waals surface area contributed by atoms with Gasteiger partial charge in [-0.1, -0.05) is 42.8 Å². The van der Waals surface area contributed by atoms with Crippen molar-refractivity contribution in [1.29, 1.82) is 0 Å². The summed E-state index contributed by atoms with van der Waals surface area (Å²) < 4.78 is 5.46. The standard InChI is InChI=1S/C13H18BrNO3/c1-4-7-18-13-8-11(9(2)10(3)14)5-6-12(13)15(16)17/h5-6,8-10H,4,7H2,1-3H3. The number of hydrogen-bond donors (Lipinski definition) is 0. The average Bonchev–Trinajstić information content (AvgIpc) is 2.34. The average molecular weight is 316 g/mol. The second-order valence-corrected chi connectivity index (χ2v) is 5.74. The Labute approximate surface area is 116 Å². The molecule has 0 saturated carbocycles. The summed E-state index contributed by atoms with van der Waals surface area (Å²) in [7, 11) is 0. The summed E-state index contributed by atoms with van der Waals surface area (Å²) in [6, 6.07) is 5.09. The summed E-state index contributed by atoms with van der Waals surface area (Å²) in [5.41, 5.74) is 1.07. The van der Waals surface area contributed by atoms with Gasteiger partial charge in [-0.3, -0.25) is 10.1 Å². The van der Waals surface area contributed by atoms with Crippen molar-refractivity contribution in [3.8, 4) is 5.75 Å². The van der Waals surface area contributed by atoms with E-state index in [1.807, 2.05) is 6.92 Å². The van der Waals surface area contributed by atoms with Gasteiger partial charge in [0, 0.05) is 10.9 Å². The molecule has 4 nitrogen and oxygen atoms in total. The number of nitro groups is 1. The number of rotatable bonds is 6. The van der Waals surface area contributed by atoms with Gasteiger partial charge in [0.25, 0.3) is 0 Å². The molecule has 0 spiro atoms. The zero-order chi connectivity index (χ0) is 13.7. The summed E-state index contributed by atoms with van der Waals surface area (Å²) in [6.45, 7) is 6.59. The Balaban J connectivity index is 3.08. The molecule has 1 rings (SSSR count). The van der Waals surface area contributed by atoms with Crippen LogP contribution in [-0.2, 0) is 0 Å². The lowest BCUT2D eigenvalue weighted by atomic mass is 9.98. The molecule has 0 fully saturated rings. The van der Waals surface area contributed by atoms with E-state index in [-0.39, 0.29) is 11.6 Å². The molecule has 18 heavy (non-hydrogen) atoms. The first-order valence-corrected chi connectivity index (χ1v) is 6.94. The Morgan fingerprint density at radius 2 is 2.11 bits per heavy atom. The van der Waals surface area contributed by atoms with E-state index in [0.717, 1.165) is 12.0 Å². The van der Waals surface area contributed by atoms with Crippen molar-refractivity contribution in [2.45, 2.75) is 37.9 Å². The van der Waals surface area contributed by atoms with E-state index in [2.05, 4.69) is 29.8 Å². The van der Waals surface area contributed by atoms with Gasteiger partial charge in [0.1, 0.15) is 0 Å². The highest BCUT2D eigenvalue weighted by Crippen LogP contribution is 2.33. The van der Waals surface area contributed by atoms with Crippen molar-refractivity contribution in [3.05, 3.63) is 33.9 Å². The maximum absolute atomic E-state index is 10.9. The molecule has 0 N–H and O–H groups in total. The second kappa shape index (κ2) is 6.73. The Kier molecular flexibility index (Phi) is 5.59. The van der Waals surface area contributed by atoms with Gasteiger partial charge in [0.05, 0.1) is 11.5 Å². The molecule has 0 aliphatic rings. The minimum absolute atomic E-state index is 0.0293. The van der Waals surface area contributed by atoms with Crippen molar-refractivity contribution in [1.82, 2.24) is 0 Å². The number of nitrogens with zero attached hydrogens (tertiary/aromatic N) is 1. The number of halogens is 1. The van der Waals surface area contributed by atoms with Crippen LogP contribution in [0.15, 0.2) is 18.2 Å². The molecule has 1 aromatic carbocycles. The molecular weight excluding hydrogens is 298 g/mol. The first-order chi connectivity index (χ1) is 8.47. The van der Waals surface area contributed by atoms with E-state index in [9.17, 15) is 10.1 Å². The molecule has 0 bridgehead atoms. The van der Waals surface area contributed by atoms with Crippen molar-refractivity contribution in [3.63, 3.8) is 0 Å². The highest BCUT2D eigenvalue weighted by molar-refractivity contribution is 9.09. The van der Waals surface area contributed by atoms with E-state index in [1.54, 1.807) is 12.1 Å². The normalized spacial score (nSPS) is 14.0. The van der Waals surface area contributed by atoms with Gasteiger partial charge >= 0.3 is 5.69 Å². The van der Waals surface area contributed by atoms with E-state index >= 15 is 0 Å². The predicted octanol–water partition coefficient (Wildman–Crippen LogP) is 4.27. The third-order valence-corrected chi connectivity index (χ3v) is 3.65. The van der Waals surface area contributed by atoms with Crippen LogP contribution in [0.4, 0.5) is 5.69 Å². The lowest BCUT2D eigenvalue weighted by Crippen LogP contribution is -2.06. The first-order valence-electron chi connectivity index (χ1n) is 6.02. The van der Waals surface area contributed by atoms with Gasteiger partial charge in [-0.2, -0.15) is 0 Å². The Hall–Kier alpha value is -1.10. The van der Waals surface area contributed by atoms with Crippen LogP contribution in [0, 0.1) is 10.1 Å². The Morgan fingerprint density at radius 3 is 2.61 bits per heavy atom. The number of nitro benzene ring substituents is 1. The van der Waals surface area contributed by atoms with Gasteiger partial charge in [0.15, 0.2) is 5.75 Å². The van der Waals surface area contributed by atoms with Crippen molar-refractivity contribution < 1.29 is 9.66 Å². The number of benzene rings is 1. The largest absolute Gasteiger partial charge is 0.487 e. The fourth-order valence-corrected chi connectivity index (χ4v) is 1.86. The molecule has 1 aromatic rings. The van der Waals surface area contributed by atoms with Crippen molar-refractivity contribution >= 4 is 21.6 Å². The van der Waals surface area contributed by atoms with E-state index in [1.165, 1.54) is 6.07 Å². The molecule has 5 heteroatoms. The minimum atomic E-state index is -0.406. The quantitative estimate of drug-likeness (QED) is 0.447. The van der Waals surface area contributed by atoms with Gasteiger partial charge in [-0.05, 0) is 24.0 Å². The van der Waals surface area contributed by atoms with E-state index in [4.69, 9.17) is 4.74 Å². The van der Waals surface area contributed by atoms with Crippen LogP contribution in [0.1, 0.15) is 38.7 Å². The molecule has 0 heterocycles. The fourth-order valence-electron chi connectivity index (χ4n) is 1.56. The summed E-state index contributed by atoms with van der Waals surface area (Å²) in [5.74, 6) is 0.633. The Morgan fingerprint density at radius 1 is 1.44 bits per heavy atom. The minimum Gasteiger partial charge on any atom is -0.487 e. The zero-order valence-corrected chi connectivity index (χ0v) is 12.4. The molecule has 0 saturated heterocycles. The van der Waals surface area contributed by atoms with Crippen molar-refractivity contribution in [2.24, 2.45) is 0 Å². The van der Waals surface area contributed by atoms with E-state index < -0.39 is 4.92 Å². The molecule has 100 valence electrons. The topological polar surface area (TPSA) is 52.4 Å². The van der Waals surface area contributed by atoms with Crippen LogP contribution in [0.3, 0.4) is 0 Å². The SMILES string of the molecule is CCCOc1cc(C(C)C(C)Br)ccc1[N+](=O)[O-]. The third kappa shape index (κ3) is 3.70. The molecule has 0 aliphatic carbocycles. The van der Waals surface area contributed by atoms with Gasteiger partial charge < -0.3 is 4.74 Å². The first kappa shape index (κ1) is 15.0. The summed E-state index contributed by atoms with van der Waals surface area (Å²) in [4.78, 5) is 10.8. The van der Waals surface area contributed by atoms with Gasteiger partial charge in [-0.25, -0.2) is 0 Å². The van der Waals surface area contributed by atoms with Crippen LogP contribution < -0.4 is 4.74 Å². The molecule has 2 atom stereocenters. The van der Waals surface area contributed by atoms with Crippen LogP contribution >= 0.6 is 15.9 Å². The molecule has 0 amide bonds. The van der Waals surface area contributed by atoms with Gasteiger partial charge in [-0.15, -0.1) is 0 Å². The number of ether oxygens (including phenoxy) is 1. The van der Waals surface area contributed by atoms with Crippen LogP contribution in [0.25, 0.3) is 0 Å². The summed E-state index contributed by atoms with van der Waals surface area (Å²) in [6.07, 6.45) is 0.825. The fraction of sp³-hybridized carbons (Fsp3) is 0.538. The predicted molar refractivity (Wildman–Crippen MR) is 75.7 cm³/mol. The van der Waals surface area contributed by atoms with Crippen molar-refractivity contribution in [2.75, 3.05) is 6.61 Å². The lowest BCUT2D eigenvalue weighted by molar-refractivity contribution is -0.385. The molecular formula is C13H18BrNO3. The second-order valence-electron chi connectivity index (χ2n) is 4.30. The highest BCUT2D eigenvalue weighted by Gasteiger charge is 2.19. The molecule has 0 aliphatic heterocycles. The number of hydrogen-bond acceptors (Lipinski definition) is 3. The summed E-state index contributed by atoms with van der Waals surface area (Å²) in [5, 5.41) is 10.9. The van der Waals surface area contributed by atoms with Crippen LogP contribution in [-0.4, -0.2) is 16.4 Å². The smallest absolute Gasteiger partial charge is 0.310 e. The molecule has 2 unspecified atom stereocenters. The summed E-state index contributed by atoms with van der Waals surface area (Å²) >= 11 is 3.53. The maximum Gasteiger partial charge on any atom is 0.310 e. The lowest BCUT2D eigenvalue weighted by Gasteiger charge is -2.15. The maximum atomic E-state index is 10.9. The van der Waals surface area contributed by atoms with E-state index in [0.29, 0.717) is 17.2 Å². The van der Waals surface area contributed by atoms with Crippen LogP contribution in [0.5, 0.6) is 5.75 Å².